The molecule has 4 heteroatoms. The first-order valence-corrected chi connectivity index (χ1v) is 6.41. The molecule has 0 aliphatic carbocycles. The van der Waals surface area contributed by atoms with E-state index in [-0.39, 0.29) is 0 Å². The third-order valence-corrected chi connectivity index (χ3v) is 3.50. The Bertz CT molecular complexity index is 432. The first-order chi connectivity index (χ1) is 8.61. The zero-order valence-electron chi connectivity index (χ0n) is 10.9. The van der Waals surface area contributed by atoms with E-state index in [1.165, 1.54) is 0 Å². The number of benzene rings is 1. The molecule has 2 N–H and O–H groups in total. The van der Waals surface area contributed by atoms with Crippen LogP contribution in [-0.2, 0) is 0 Å². The van der Waals surface area contributed by atoms with Crippen LogP contribution in [-0.4, -0.2) is 36.8 Å². The summed E-state index contributed by atoms with van der Waals surface area (Å²) in [5, 5.41) is 12.7. The fraction of sp³-hybridized carbons (Fsp3) is 0.500. The van der Waals surface area contributed by atoms with Crippen molar-refractivity contribution >= 4 is 11.7 Å². The highest BCUT2D eigenvalue weighted by Crippen LogP contribution is 2.26. The van der Waals surface area contributed by atoms with Gasteiger partial charge < -0.3 is 15.3 Å². The predicted molar refractivity (Wildman–Crippen MR) is 72.2 cm³/mol. The van der Waals surface area contributed by atoms with Crippen molar-refractivity contribution in [2.75, 3.05) is 24.5 Å². The molecule has 0 aromatic heterocycles. The molecule has 98 valence electrons. The molecule has 1 aromatic rings. The SMILES string of the molecule is CC(C)[C@H]1CNCCN1c1ccccc1C(=O)O. The highest BCUT2D eigenvalue weighted by molar-refractivity contribution is 5.94. The third-order valence-electron chi connectivity index (χ3n) is 3.50. The summed E-state index contributed by atoms with van der Waals surface area (Å²) in [5.41, 5.74) is 1.23. The van der Waals surface area contributed by atoms with Gasteiger partial charge in [0.05, 0.1) is 11.3 Å². The summed E-state index contributed by atoms with van der Waals surface area (Å²) in [7, 11) is 0. The van der Waals surface area contributed by atoms with Crippen LogP contribution >= 0.6 is 0 Å². The molecule has 1 heterocycles. The largest absolute Gasteiger partial charge is 0.478 e. The van der Waals surface area contributed by atoms with Crippen LogP contribution in [0.15, 0.2) is 24.3 Å². The van der Waals surface area contributed by atoms with Gasteiger partial charge in [-0.1, -0.05) is 26.0 Å². The maximum Gasteiger partial charge on any atom is 0.337 e. The molecule has 4 nitrogen and oxygen atoms in total. The zero-order valence-corrected chi connectivity index (χ0v) is 10.9. The maximum absolute atomic E-state index is 11.3. The molecule has 1 saturated heterocycles. The van der Waals surface area contributed by atoms with Crippen LogP contribution in [0.25, 0.3) is 0 Å². The Morgan fingerprint density at radius 3 is 2.83 bits per heavy atom. The summed E-state index contributed by atoms with van der Waals surface area (Å²) in [6.45, 7) is 7.01. The molecule has 0 saturated carbocycles. The molecular weight excluding hydrogens is 228 g/mol. The van der Waals surface area contributed by atoms with Crippen molar-refractivity contribution in [1.29, 1.82) is 0 Å². The average molecular weight is 248 g/mol. The summed E-state index contributed by atoms with van der Waals surface area (Å²) >= 11 is 0. The highest BCUT2D eigenvalue weighted by Gasteiger charge is 2.27. The lowest BCUT2D eigenvalue weighted by molar-refractivity contribution is 0.0697. The molecular formula is C14H20N2O2. The number of carboxylic acid groups (broad SMARTS) is 1. The lowest BCUT2D eigenvalue weighted by atomic mass is 9.98. The molecule has 1 atom stereocenters. The minimum atomic E-state index is -0.855. The van der Waals surface area contributed by atoms with Crippen LogP contribution in [0.2, 0.25) is 0 Å². The summed E-state index contributed by atoms with van der Waals surface area (Å²) in [6.07, 6.45) is 0. The van der Waals surface area contributed by atoms with E-state index in [9.17, 15) is 9.90 Å². The fourth-order valence-corrected chi connectivity index (χ4v) is 2.53. The minimum Gasteiger partial charge on any atom is -0.478 e. The number of rotatable bonds is 3. The molecule has 1 aliphatic rings. The summed E-state index contributed by atoms with van der Waals surface area (Å²) < 4.78 is 0. The van der Waals surface area contributed by atoms with Gasteiger partial charge in [-0.15, -0.1) is 0 Å². The molecule has 0 radical (unpaired) electrons. The lowest BCUT2D eigenvalue weighted by Gasteiger charge is -2.40. The normalized spacial score (nSPS) is 20.2. The monoisotopic (exact) mass is 248 g/mol. The molecule has 0 amide bonds. The Balaban J connectivity index is 2.36. The van der Waals surface area contributed by atoms with Crippen molar-refractivity contribution < 1.29 is 9.90 Å². The molecule has 18 heavy (non-hydrogen) atoms. The minimum absolute atomic E-state index is 0.347. The van der Waals surface area contributed by atoms with E-state index in [0.29, 0.717) is 17.5 Å². The summed E-state index contributed by atoms with van der Waals surface area (Å²) in [6, 6.07) is 7.61. The topological polar surface area (TPSA) is 52.6 Å². The Kier molecular flexibility index (Phi) is 3.87. The number of nitrogens with one attached hydrogen (secondary N) is 1. The van der Waals surface area contributed by atoms with E-state index in [1.807, 2.05) is 12.1 Å². The van der Waals surface area contributed by atoms with Gasteiger partial charge in [-0.2, -0.15) is 0 Å². The van der Waals surface area contributed by atoms with E-state index >= 15 is 0 Å². The van der Waals surface area contributed by atoms with Crippen molar-refractivity contribution in [3.05, 3.63) is 29.8 Å². The highest BCUT2D eigenvalue weighted by atomic mass is 16.4. The van der Waals surface area contributed by atoms with Gasteiger partial charge in [0.15, 0.2) is 0 Å². The number of aromatic carboxylic acids is 1. The Labute approximate surface area is 108 Å². The van der Waals surface area contributed by atoms with Crippen molar-refractivity contribution in [2.45, 2.75) is 19.9 Å². The van der Waals surface area contributed by atoms with Crippen molar-refractivity contribution in [3.63, 3.8) is 0 Å². The second-order valence-corrected chi connectivity index (χ2v) is 5.03. The number of hydrogen-bond acceptors (Lipinski definition) is 3. The van der Waals surface area contributed by atoms with Gasteiger partial charge in [-0.05, 0) is 18.1 Å². The molecule has 1 fully saturated rings. The smallest absolute Gasteiger partial charge is 0.337 e. The lowest BCUT2D eigenvalue weighted by Crippen LogP contribution is -2.54. The van der Waals surface area contributed by atoms with E-state index in [4.69, 9.17) is 0 Å². The Hall–Kier alpha value is -1.55. The van der Waals surface area contributed by atoms with E-state index in [2.05, 4.69) is 24.1 Å². The van der Waals surface area contributed by atoms with Gasteiger partial charge in [0.25, 0.3) is 0 Å². The van der Waals surface area contributed by atoms with Crippen molar-refractivity contribution in [2.24, 2.45) is 5.92 Å². The quantitative estimate of drug-likeness (QED) is 0.856. The number of piperazine rings is 1. The van der Waals surface area contributed by atoms with E-state index in [1.54, 1.807) is 12.1 Å². The van der Waals surface area contributed by atoms with Crippen LogP contribution < -0.4 is 10.2 Å². The maximum atomic E-state index is 11.3. The first-order valence-electron chi connectivity index (χ1n) is 6.41. The molecule has 1 aromatic carbocycles. The average Bonchev–Trinajstić information content (AvgIpc) is 2.38. The van der Waals surface area contributed by atoms with Crippen LogP contribution in [0.3, 0.4) is 0 Å². The van der Waals surface area contributed by atoms with Gasteiger partial charge >= 0.3 is 5.97 Å². The van der Waals surface area contributed by atoms with E-state index < -0.39 is 5.97 Å². The fourth-order valence-electron chi connectivity index (χ4n) is 2.53. The number of hydrogen-bond donors (Lipinski definition) is 2. The third kappa shape index (κ3) is 2.48. The zero-order chi connectivity index (χ0) is 13.1. The predicted octanol–water partition coefficient (Wildman–Crippen LogP) is 1.82. The summed E-state index contributed by atoms with van der Waals surface area (Å²) in [4.78, 5) is 13.5. The van der Waals surface area contributed by atoms with Gasteiger partial charge in [-0.25, -0.2) is 4.79 Å². The van der Waals surface area contributed by atoms with Gasteiger partial charge in [0, 0.05) is 25.7 Å². The molecule has 2 rings (SSSR count). The van der Waals surface area contributed by atoms with Crippen LogP contribution in [0.1, 0.15) is 24.2 Å². The Morgan fingerprint density at radius 2 is 2.17 bits per heavy atom. The molecule has 0 spiro atoms. The molecule has 0 bridgehead atoms. The van der Waals surface area contributed by atoms with Crippen LogP contribution in [0.4, 0.5) is 5.69 Å². The number of nitrogens with zero attached hydrogens (tertiary/aromatic N) is 1. The number of anilines is 1. The van der Waals surface area contributed by atoms with Crippen molar-refractivity contribution in [3.8, 4) is 0 Å². The Morgan fingerprint density at radius 1 is 1.44 bits per heavy atom. The number of carbonyl (C=O) groups is 1. The van der Waals surface area contributed by atoms with Gasteiger partial charge in [0.2, 0.25) is 0 Å². The second kappa shape index (κ2) is 5.40. The van der Waals surface area contributed by atoms with Crippen molar-refractivity contribution in [1.82, 2.24) is 5.32 Å². The van der Waals surface area contributed by atoms with Gasteiger partial charge in [0.1, 0.15) is 0 Å². The van der Waals surface area contributed by atoms with E-state index in [0.717, 1.165) is 25.3 Å². The van der Waals surface area contributed by atoms with Gasteiger partial charge in [-0.3, -0.25) is 0 Å². The number of para-hydroxylation sites is 1. The molecule has 0 unspecified atom stereocenters. The second-order valence-electron chi connectivity index (χ2n) is 5.03. The number of carboxylic acids is 1. The molecule has 1 aliphatic heterocycles. The standard InChI is InChI=1S/C14H20N2O2/c1-10(2)13-9-15-7-8-16(13)12-6-4-3-5-11(12)14(17)18/h3-6,10,13,15H,7-9H2,1-2H3,(H,17,18)/t13-/m1/s1. The van der Waals surface area contributed by atoms with Crippen LogP contribution in [0.5, 0.6) is 0 Å². The summed E-state index contributed by atoms with van der Waals surface area (Å²) in [5.74, 6) is -0.369. The van der Waals surface area contributed by atoms with Crippen LogP contribution in [0, 0.1) is 5.92 Å². The first kappa shape index (κ1) is 12.9.